The maximum absolute atomic E-state index is 8.76. The van der Waals surface area contributed by atoms with E-state index in [0.717, 1.165) is 16.6 Å². The zero-order valence-corrected chi connectivity index (χ0v) is 7.77. The van der Waals surface area contributed by atoms with Gasteiger partial charge in [0.15, 0.2) is 0 Å². The molecule has 0 saturated carbocycles. The standard InChI is InChI=1S/C10H13N3O/c11-8(2-4-14)7-5-10-9(13-6-7)1-3-12-10/h1,3,5-6,8,12,14H,2,4,11H2/t8-/m1/s1. The summed E-state index contributed by atoms with van der Waals surface area (Å²) < 4.78 is 0. The first kappa shape index (κ1) is 9.18. The number of aromatic amines is 1. The van der Waals surface area contributed by atoms with Gasteiger partial charge >= 0.3 is 0 Å². The molecule has 0 spiro atoms. The monoisotopic (exact) mass is 191 g/mol. The number of aliphatic hydroxyl groups excluding tert-OH is 1. The second kappa shape index (κ2) is 3.77. The molecule has 14 heavy (non-hydrogen) atoms. The van der Waals surface area contributed by atoms with Gasteiger partial charge < -0.3 is 15.8 Å². The molecule has 4 nitrogen and oxygen atoms in total. The first-order valence-electron chi connectivity index (χ1n) is 4.60. The van der Waals surface area contributed by atoms with Crippen molar-refractivity contribution in [2.24, 2.45) is 5.73 Å². The van der Waals surface area contributed by atoms with Crippen LogP contribution in [0.4, 0.5) is 0 Å². The van der Waals surface area contributed by atoms with Crippen molar-refractivity contribution < 1.29 is 5.11 Å². The summed E-state index contributed by atoms with van der Waals surface area (Å²) in [6, 6.07) is 3.75. The summed E-state index contributed by atoms with van der Waals surface area (Å²) in [5, 5.41) is 8.76. The van der Waals surface area contributed by atoms with Crippen molar-refractivity contribution in [3.05, 3.63) is 30.1 Å². The van der Waals surface area contributed by atoms with Gasteiger partial charge in [0.05, 0.1) is 11.0 Å². The Morgan fingerprint density at radius 2 is 2.43 bits per heavy atom. The summed E-state index contributed by atoms with van der Waals surface area (Å²) >= 11 is 0. The molecule has 0 aromatic carbocycles. The fraction of sp³-hybridized carbons (Fsp3) is 0.300. The third-order valence-corrected chi connectivity index (χ3v) is 2.29. The predicted molar refractivity (Wildman–Crippen MR) is 54.7 cm³/mol. The average molecular weight is 191 g/mol. The first-order valence-corrected chi connectivity index (χ1v) is 4.60. The summed E-state index contributed by atoms with van der Waals surface area (Å²) in [5.41, 5.74) is 8.72. The van der Waals surface area contributed by atoms with Gasteiger partial charge in [-0.15, -0.1) is 0 Å². The summed E-state index contributed by atoms with van der Waals surface area (Å²) in [6.07, 6.45) is 4.17. The van der Waals surface area contributed by atoms with E-state index in [4.69, 9.17) is 10.8 Å². The third-order valence-electron chi connectivity index (χ3n) is 2.29. The van der Waals surface area contributed by atoms with Crippen molar-refractivity contribution in [1.82, 2.24) is 9.97 Å². The molecule has 1 atom stereocenters. The number of nitrogens with one attached hydrogen (secondary N) is 1. The second-order valence-electron chi connectivity index (χ2n) is 3.30. The minimum absolute atomic E-state index is 0.101. The quantitative estimate of drug-likeness (QED) is 0.676. The van der Waals surface area contributed by atoms with Gasteiger partial charge in [-0.3, -0.25) is 4.98 Å². The van der Waals surface area contributed by atoms with E-state index in [9.17, 15) is 0 Å². The Balaban J connectivity index is 2.33. The van der Waals surface area contributed by atoms with Gasteiger partial charge in [0.2, 0.25) is 0 Å². The van der Waals surface area contributed by atoms with Crippen molar-refractivity contribution in [3.63, 3.8) is 0 Å². The molecule has 2 heterocycles. The summed E-state index contributed by atoms with van der Waals surface area (Å²) in [4.78, 5) is 7.33. The van der Waals surface area contributed by atoms with E-state index in [0.29, 0.717) is 6.42 Å². The topological polar surface area (TPSA) is 74.9 Å². The van der Waals surface area contributed by atoms with Crippen LogP contribution in [0.1, 0.15) is 18.0 Å². The van der Waals surface area contributed by atoms with Gasteiger partial charge in [0.25, 0.3) is 0 Å². The lowest BCUT2D eigenvalue weighted by Crippen LogP contribution is -2.12. The molecule has 0 amide bonds. The van der Waals surface area contributed by atoms with Crippen LogP contribution < -0.4 is 5.73 Å². The van der Waals surface area contributed by atoms with Crippen LogP contribution in [0.2, 0.25) is 0 Å². The van der Waals surface area contributed by atoms with Gasteiger partial charge in [-0.1, -0.05) is 0 Å². The van der Waals surface area contributed by atoms with Crippen molar-refractivity contribution >= 4 is 11.0 Å². The van der Waals surface area contributed by atoms with Crippen molar-refractivity contribution in [1.29, 1.82) is 0 Å². The lowest BCUT2D eigenvalue weighted by Gasteiger charge is -2.09. The summed E-state index contributed by atoms with van der Waals surface area (Å²) in [6.45, 7) is 0.101. The van der Waals surface area contributed by atoms with Crippen LogP contribution in [0.25, 0.3) is 11.0 Å². The molecular formula is C10H13N3O. The maximum Gasteiger partial charge on any atom is 0.0878 e. The molecule has 0 saturated heterocycles. The number of H-pyrrole nitrogens is 1. The number of aromatic nitrogens is 2. The molecule has 0 aliphatic heterocycles. The van der Waals surface area contributed by atoms with E-state index in [2.05, 4.69) is 9.97 Å². The highest BCUT2D eigenvalue weighted by Crippen LogP contribution is 2.17. The first-order chi connectivity index (χ1) is 6.81. The van der Waals surface area contributed by atoms with Crippen LogP contribution in [0, 0.1) is 0 Å². The number of pyridine rings is 1. The normalized spacial score (nSPS) is 13.3. The van der Waals surface area contributed by atoms with Gasteiger partial charge in [0, 0.05) is 25.0 Å². The Kier molecular flexibility index (Phi) is 2.47. The zero-order chi connectivity index (χ0) is 9.97. The Morgan fingerprint density at radius 3 is 3.21 bits per heavy atom. The Morgan fingerprint density at radius 1 is 1.57 bits per heavy atom. The van der Waals surface area contributed by atoms with Crippen LogP contribution in [-0.4, -0.2) is 21.7 Å². The Bertz CT molecular complexity index is 424. The number of rotatable bonds is 3. The number of hydrogen-bond acceptors (Lipinski definition) is 3. The molecule has 0 radical (unpaired) electrons. The van der Waals surface area contributed by atoms with Crippen LogP contribution in [0.3, 0.4) is 0 Å². The molecule has 74 valence electrons. The van der Waals surface area contributed by atoms with E-state index in [-0.39, 0.29) is 12.6 Å². The molecule has 2 rings (SSSR count). The molecule has 2 aromatic rings. The molecule has 0 fully saturated rings. The molecule has 0 aliphatic rings. The fourth-order valence-electron chi connectivity index (χ4n) is 1.46. The van der Waals surface area contributed by atoms with Crippen LogP contribution >= 0.6 is 0 Å². The van der Waals surface area contributed by atoms with Crippen LogP contribution in [0.5, 0.6) is 0 Å². The van der Waals surface area contributed by atoms with Gasteiger partial charge in [-0.05, 0) is 24.1 Å². The summed E-state index contributed by atoms with van der Waals surface area (Å²) in [5.74, 6) is 0. The van der Waals surface area contributed by atoms with Crippen molar-refractivity contribution in [3.8, 4) is 0 Å². The number of aliphatic hydroxyl groups is 1. The molecule has 4 heteroatoms. The second-order valence-corrected chi connectivity index (χ2v) is 3.30. The highest BCUT2D eigenvalue weighted by molar-refractivity contribution is 5.75. The minimum atomic E-state index is -0.139. The smallest absolute Gasteiger partial charge is 0.0878 e. The molecule has 0 unspecified atom stereocenters. The van der Waals surface area contributed by atoms with Crippen molar-refractivity contribution in [2.75, 3.05) is 6.61 Å². The van der Waals surface area contributed by atoms with Crippen LogP contribution in [-0.2, 0) is 0 Å². The highest BCUT2D eigenvalue weighted by Gasteiger charge is 2.06. The van der Waals surface area contributed by atoms with Crippen LogP contribution in [0.15, 0.2) is 24.5 Å². The Labute approximate surface area is 81.8 Å². The maximum atomic E-state index is 8.76. The van der Waals surface area contributed by atoms with E-state index < -0.39 is 0 Å². The predicted octanol–water partition coefficient (Wildman–Crippen LogP) is 0.945. The van der Waals surface area contributed by atoms with E-state index in [1.807, 2.05) is 18.3 Å². The Hall–Kier alpha value is -1.39. The highest BCUT2D eigenvalue weighted by atomic mass is 16.3. The van der Waals surface area contributed by atoms with E-state index in [1.165, 1.54) is 0 Å². The molecule has 0 bridgehead atoms. The lowest BCUT2D eigenvalue weighted by atomic mass is 10.1. The number of nitrogens with zero attached hydrogens (tertiary/aromatic N) is 1. The van der Waals surface area contributed by atoms with E-state index >= 15 is 0 Å². The fourth-order valence-corrected chi connectivity index (χ4v) is 1.46. The van der Waals surface area contributed by atoms with E-state index in [1.54, 1.807) is 6.20 Å². The molecule has 2 aromatic heterocycles. The number of nitrogens with two attached hydrogens (primary N) is 1. The summed E-state index contributed by atoms with van der Waals surface area (Å²) in [7, 11) is 0. The largest absolute Gasteiger partial charge is 0.396 e. The average Bonchev–Trinajstić information content (AvgIpc) is 2.64. The van der Waals surface area contributed by atoms with Crippen molar-refractivity contribution in [2.45, 2.75) is 12.5 Å². The minimum Gasteiger partial charge on any atom is -0.396 e. The number of hydrogen-bond donors (Lipinski definition) is 3. The van der Waals surface area contributed by atoms with Gasteiger partial charge in [-0.25, -0.2) is 0 Å². The van der Waals surface area contributed by atoms with Gasteiger partial charge in [0.1, 0.15) is 0 Å². The zero-order valence-electron chi connectivity index (χ0n) is 7.77. The molecule has 0 aliphatic carbocycles. The lowest BCUT2D eigenvalue weighted by molar-refractivity contribution is 0.276. The third kappa shape index (κ3) is 1.62. The van der Waals surface area contributed by atoms with Gasteiger partial charge in [-0.2, -0.15) is 0 Å². The molecular weight excluding hydrogens is 178 g/mol. The molecule has 4 N–H and O–H groups in total. The number of fused-ring (bicyclic) bond motifs is 1. The SMILES string of the molecule is N[C@H](CCO)c1cnc2cc[nH]c2c1.